The Kier molecular flexibility index (Phi) is 3.49. The molecule has 4 rings (SSSR count). The highest BCUT2D eigenvalue weighted by Crippen LogP contribution is 2.26. The minimum Gasteiger partial charge on any atom is -0.477 e. The van der Waals surface area contributed by atoms with Gasteiger partial charge in [0.1, 0.15) is 17.7 Å². The molecule has 0 bridgehead atoms. The van der Waals surface area contributed by atoms with E-state index in [9.17, 15) is 4.39 Å². The summed E-state index contributed by atoms with van der Waals surface area (Å²) in [5.74, 6) is 1.32. The molecule has 1 aliphatic heterocycles. The van der Waals surface area contributed by atoms with Crippen molar-refractivity contribution in [3.05, 3.63) is 36.8 Å². The Morgan fingerprint density at radius 2 is 2.22 bits per heavy atom. The van der Waals surface area contributed by atoms with Crippen molar-refractivity contribution in [2.75, 3.05) is 24.6 Å². The number of ether oxygens (including phenoxy) is 1. The van der Waals surface area contributed by atoms with Gasteiger partial charge in [-0.3, -0.25) is 0 Å². The highest BCUT2D eigenvalue weighted by Gasteiger charge is 2.26. The molecule has 1 fully saturated rings. The molecule has 0 aromatic carbocycles. The van der Waals surface area contributed by atoms with Crippen molar-refractivity contribution in [2.45, 2.75) is 6.42 Å². The smallest absolute Gasteiger partial charge is 0.213 e. The minimum absolute atomic E-state index is 0.364. The van der Waals surface area contributed by atoms with Gasteiger partial charge in [-0.2, -0.15) is 0 Å². The van der Waals surface area contributed by atoms with Crippen LogP contribution in [0.1, 0.15) is 6.42 Å². The summed E-state index contributed by atoms with van der Waals surface area (Å²) >= 11 is 0. The molecular weight excluding hydrogens is 299 g/mol. The maximum absolute atomic E-state index is 12.8. The van der Waals surface area contributed by atoms with E-state index < -0.39 is 0 Å². The Balaban J connectivity index is 1.41. The summed E-state index contributed by atoms with van der Waals surface area (Å²) in [6.45, 7) is 2.29. The van der Waals surface area contributed by atoms with Crippen molar-refractivity contribution in [1.82, 2.24) is 24.9 Å². The third-order valence-electron chi connectivity index (χ3n) is 3.96. The van der Waals surface area contributed by atoms with Crippen LogP contribution in [0.2, 0.25) is 0 Å². The molecule has 4 heterocycles. The number of halogens is 1. The molecule has 3 aromatic rings. The summed E-state index contributed by atoms with van der Waals surface area (Å²) in [5, 5.41) is 0. The summed E-state index contributed by atoms with van der Waals surface area (Å²) in [7, 11) is 0. The lowest BCUT2D eigenvalue weighted by Crippen LogP contribution is -2.23. The molecule has 0 radical (unpaired) electrons. The van der Waals surface area contributed by atoms with E-state index in [1.54, 1.807) is 12.4 Å². The maximum Gasteiger partial charge on any atom is 0.213 e. The number of nitrogens with zero attached hydrogens (tertiary/aromatic N) is 5. The van der Waals surface area contributed by atoms with Crippen molar-refractivity contribution >= 4 is 17.0 Å². The molecule has 0 amide bonds. The fourth-order valence-electron chi connectivity index (χ4n) is 2.80. The zero-order chi connectivity index (χ0) is 15.6. The molecule has 0 saturated carbocycles. The van der Waals surface area contributed by atoms with Crippen LogP contribution in [0.3, 0.4) is 0 Å². The van der Waals surface area contributed by atoms with E-state index >= 15 is 0 Å². The molecule has 1 atom stereocenters. The first-order valence-electron chi connectivity index (χ1n) is 7.43. The highest BCUT2D eigenvalue weighted by atomic mass is 19.1. The Morgan fingerprint density at radius 3 is 3.09 bits per heavy atom. The SMILES string of the molecule is Fc1ccc(OCC2CCN(c3ncnc4nc[nH]c34)C2)nc1. The van der Waals surface area contributed by atoms with Crippen molar-refractivity contribution in [3.8, 4) is 5.88 Å². The van der Waals surface area contributed by atoms with E-state index in [0.29, 0.717) is 24.1 Å². The molecule has 1 aliphatic rings. The van der Waals surface area contributed by atoms with Gasteiger partial charge < -0.3 is 14.6 Å². The molecule has 8 heteroatoms. The van der Waals surface area contributed by atoms with Crippen LogP contribution < -0.4 is 9.64 Å². The lowest BCUT2D eigenvalue weighted by Gasteiger charge is -2.17. The topological polar surface area (TPSA) is 79.8 Å². The van der Waals surface area contributed by atoms with E-state index in [2.05, 4.69) is 29.8 Å². The van der Waals surface area contributed by atoms with E-state index in [4.69, 9.17) is 4.74 Å². The number of aromatic amines is 1. The van der Waals surface area contributed by atoms with Crippen LogP contribution in [0.25, 0.3) is 11.2 Å². The van der Waals surface area contributed by atoms with Gasteiger partial charge in [0.15, 0.2) is 11.5 Å². The number of hydrogen-bond acceptors (Lipinski definition) is 6. The molecule has 118 valence electrons. The Bertz CT molecular complexity index is 805. The van der Waals surface area contributed by atoms with Crippen LogP contribution in [0, 0.1) is 11.7 Å². The van der Waals surface area contributed by atoms with Crippen LogP contribution in [-0.4, -0.2) is 44.6 Å². The van der Waals surface area contributed by atoms with Crippen molar-refractivity contribution in [2.24, 2.45) is 5.92 Å². The zero-order valence-electron chi connectivity index (χ0n) is 12.3. The van der Waals surface area contributed by atoms with E-state index in [0.717, 1.165) is 37.0 Å². The second-order valence-electron chi connectivity index (χ2n) is 5.52. The fourth-order valence-corrected chi connectivity index (χ4v) is 2.80. The Morgan fingerprint density at radius 1 is 1.26 bits per heavy atom. The standard InChI is InChI=1S/C15H15FN6O/c16-11-1-2-12(17-5-11)23-7-10-3-4-22(6-10)15-13-14(19-8-18-13)20-9-21-15/h1-2,5,8-10H,3-4,6-7H2,(H,18,19,20,21). The quantitative estimate of drug-likeness (QED) is 0.791. The predicted molar refractivity (Wildman–Crippen MR) is 81.7 cm³/mol. The first-order chi connectivity index (χ1) is 11.3. The van der Waals surface area contributed by atoms with Crippen LogP contribution in [0.5, 0.6) is 5.88 Å². The fraction of sp³-hybridized carbons (Fsp3) is 0.333. The van der Waals surface area contributed by atoms with Gasteiger partial charge in [0.25, 0.3) is 0 Å². The number of aromatic nitrogens is 5. The number of hydrogen-bond donors (Lipinski definition) is 1. The first-order valence-corrected chi connectivity index (χ1v) is 7.43. The van der Waals surface area contributed by atoms with E-state index in [1.165, 1.54) is 12.4 Å². The second-order valence-corrected chi connectivity index (χ2v) is 5.52. The number of anilines is 1. The summed E-state index contributed by atoms with van der Waals surface area (Å²) < 4.78 is 18.5. The summed E-state index contributed by atoms with van der Waals surface area (Å²) in [6, 6.07) is 2.89. The van der Waals surface area contributed by atoms with Crippen LogP contribution >= 0.6 is 0 Å². The second kappa shape index (κ2) is 5.79. The number of pyridine rings is 1. The van der Waals surface area contributed by atoms with Gasteiger partial charge in [-0.1, -0.05) is 0 Å². The number of fused-ring (bicyclic) bond motifs is 1. The van der Waals surface area contributed by atoms with Gasteiger partial charge >= 0.3 is 0 Å². The molecule has 0 aliphatic carbocycles. The van der Waals surface area contributed by atoms with Crippen molar-refractivity contribution in [1.29, 1.82) is 0 Å². The third kappa shape index (κ3) is 2.79. The summed E-state index contributed by atoms with van der Waals surface area (Å²) in [4.78, 5) is 21.9. The predicted octanol–water partition coefficient (Wildman–Crippen LogP) is 1.79. The molecule has 3 aromatic heterocycles. The Hall–Kier alpha value is -2.77. The number of H-pyrrole nitrogens is 1. The van der Waals surface area contributed by atoms with E-state index in [-0.39, 0.29) is 5.82 Å². The summed E-state index contributed by atoms with van der Waals surface area (Å²) in [6.07, 6.45) is 5.32. The van der Waals surface area contributed by atoms with E-state index in [1.807, 2.05) is 0 Å². The normalized spacial score (nSPS) is 17.8. The zero-order valence-corrected chi connectivity index (χ0v) is 12.3. The lowest BCUT2D eigenvalue weighted by molar-refractivity contribution is 0.251. The molecular formula is C15H15FN6O. The van der Waals surface area contributed by atoms with Crippen molar-refractivity contribution < 1.29 is 9.13 Å². The monoisotopic (exact) mass is 314 g/mol. The molecule has 7 nitrogen and oxygen atoms in total. The summed E-state index contributed by atoms with van der Waals surface area (Å²) in [5.41, 5.74) is 1.53. The third-order valence-corrected chi connectivity index (χ3v) is 3.96. The van der Waals surface area contributed by atoms with Gasteiger partial charge in [0.05, 0.1) is 19.1 Å². The highest BCUT2D eigenvalue weighted by molar-refractivity contribution is 5.82. The minimum atomic E-state index is -0.364. The van der Waals surface area contributed by atoms with Crippen LogP contribution in [0.4, 0.5) is 10.2 Å². The largest absolute Gasteiger partial charge is 0.477 e. The van der Waals surface area contributed by atoms with Crippen molar-refractivity contribution in [3.63, 3.8) is 0 Å². The first kappa shape index (κ1) is 13.9. The molecule has 0 spiro atoms. The van der Waals surface area contributed by atoms with Gasteiger partial charge in [0, 0.05) is 25.1 Å². The molecule has 1 saturated heterocycles. The lowest BCUT2D eigenvalue weighted by atomic mass is 10.1. The number of nitrogens with one attached hydrogen (secondary N) is 1. The maximum atomic E-state index is 12.8. The average Bonchev–Trinajstić information content (AvgIpc) is 3.23. The Labute approximate surface area is 131 Å². The van der Waals surface area contributed by atoms with Gasteiger partial charge in [-0.25, -0.2) is 24.3 Å². The molecule has 1 N–H and O–H groups in total. The number of imidazole rings is 1. The molecule has 1 unspecified atom stereocenters. The van der Waals surface area contributed by atoms with Crippen LogP contribution in [-0.2, 0) is 0 Å². The van der Waals surface area contributed by atoms with Gasteiger partial charge in [0.2, 0.25) is 5.88 Å². The van der Waals surface area contributed by atoms with Crippen LogP contribution in [0.15, 0.2) is 31.0 Å². The van der Waals surface area contributed by atoms with Gasteiger partial charge in [-0.15, -0.1) is 0 Å². The molecule has 23 heavy (non-hydrogen) atoms. The average molecular weight is 314 g/mol. The number of rotatable bonds is 4. The van der Waals surface area contributed by atoms with Gasteiger partial charge in [-0.05, 0) is 12.5 Å².